The summed E-state index contributed by atoms with van der Waals surface area (Å²) in [6.45, 7) is 4.52. The molecule has 136 valence electrons. The Balaban J connectivity index is 0.00000225. The number of halogens is 1. The molecule has 1 aromatic carbocycles. The second kappa shape index (κ2) is 9.42. The van der Waals surface area contributed by atoms with Gasteiger partial charge in [0.05, 0.1) is 6.54 Å². The molecular formula is C17H25IN6S. The molecule has 0 unspecified atom stereocenters. The summed E-state index contributed by atoms with van der Waals surface area (Å²) in [7, 11) is 1.79. The number of hydrogen-bond donors (Lipinski definition) is 2. The molecule has 25 heavy (non-hydrogen) atoms. The van der Waals surface area contributed by atoms with Crippen LogP contribution in [0.5, 0.6) is 0 Å². The third-order valence-corrected chi connectivity index (χ3v) is 5.03. The van der Waals surface area contributed by atoms with Gasteiger partial charge < -0.3 is 15.2 Å². The number of aromatic nitrogens is 3. The number of nitrogens with one attached hydrogen (secondary N) is 2. The van der Waals surface area contributed by atoms with Crippen molar-refractivity contribution in [3.63, 3.8) is 0 Å². The molecule has 1 aliphatic heterocycles. The smallest absolute Gasteiger partial charge is 0.191 e. The molecule has 3 rings (SSSR count). The number of hydrogen-bond acceptors (Lipinski definition) is 4. The highest BCUT2D eigenvalue weighted by Crippen LogP contribution is 2.21. The van der Waals surface area contributed by atoms with Gasteiger partial charge in [0.15, 0.2) is 11.8 Å². The first kappa shape index (κ1) is 20.0. The summed E-state index contributed by atoms with van der Waals surface area (Å²) < 4.78 is 2.20. The predicted octanol–water partition coefficient (Wildman–Crippen LogP) is 2.74. The van der Waals surface area contributed by atoms with Gasteiger partial charge in [-0.15, -0.1) is 45.9 Å². The first-order chi connectivity index (χ1) is 11.7. The van der Waals surface area contributed by atoms with Crippen LogP contribution in [-0.2, 0) is 26.1 Å². The van der Waals surface area contributed by atoms with E-state index < -0.39 is 0 Å². The maximum atomic E-state index is 4.30. The van der Waals surface area contributed by atoms with E-state index in [4.69, 9.17) is 0 Å². The van der Waals surface area contributed by atoms with Crippen molar-refractivity contribution >= 4 is 41.7 Å². The Morgan fingerprint density at radius 3 is 2.84 bits per heavy atom. The summed E-state index contributed by atoms with van der Waals surface area (Å²) in [5.74, 6) is 2.85. The highest BCUT2D eigenvalue weighted by molar-refractivity contribution is 14.0. The molecule has 0 amide bonds. The molecule has 8 heteroatoms. The van der Waals surface area contributed by atoms with Crippen LogP contribution >= 0.6 is 35.7 Å². The van der Waals surface area contributed by atoms with Gasteiger partial charge in [-0.3, -0.25) is 4.99 Å². The summed E-state index contributed by atoms with van der Waals surface area (Å²) in [5.41, 5.74) is 2.56. The minimum absolute atomic E-state index is 0. The van der Waals surface area contributed by atoms with E-state index in [0.717, 1.165) is 43.5 Å². The highest BCUT2D eigenvalue weighted by atomic mass is 127. The van der Waals surface area contributed by atoms with Crippen LogP contribution < -0.4 is 10.6 Å². The van der Waals surface area contributed by atoms with E-state index in [1.54, 1.807) is 18.8 Å². The topological polar surface area (TPSA) is 67.1 Å². The van der Waals surface area contributed by atoms with Crippen molar-refractivity contribution in [1.29, 1.82) is 0 Å². The number of guanidine groups is 1. The van der Waals surface area contributed by atoms with Crippen LogP contribution in [0, 0.1) is 6.92 Å². The van der Waals surface area contributed by atoms with Crippen molar-refractivity contribution in [2.24, 2.45) is 4.99 Å². The number of thioether (sulfide) groups is 1. The Kier molecular flexibility index (Phi) is 7.55. The fraction of sp³-hybridized carbons (Fsp3) is 0.471. The molecule has 1 aromatic heterocycles. The summed E-state index contributed by atoms with van der Waals surface area (Å²) in [6, 6.07) is 6.54. The molecule has 0 fully saturated rings. The lowest BCUT2D eigenvalue weighted by Gasteiger charge is -2.14. The molecule has 0 saturated carbocycles. The zero-order chi connectivity index (χ0) is 16.9. The fourth-order valence-corrected chi connectivity index (χ4v) is 3.61. The summed E-state index contributed by atoms with van der Waals surface area (Å²) in [5, 5.41) is 15.2. The van der Waals surface area contributed by atoms with E-state index >= 15 is 0 Å². The molecule has 0 atom stereocenters. The van der Waals surface area contributed by atoms with E-state index in [-0.39, 0.29) is 24.0 Å². The van der Waals surface area contributed by atoms with Crippen molar-refractivity contribution in [3.05, 3.63) is 41.0 Å². The van der Waals surface area contributed by atoms with E-state index in [1.165, 1.54) is 16.0 Å². The van der Waals surface area contributed by atoms with Crippen molar-refractivity contribution < 1.29 is 0 Å². The summed E-state index contributed by atoms with van der Waals surface area (Å²) >= 11 is 1.77. The van der Waals surface area contributed by atoms with Crippen LogP contribution in [0.4, 0.5) is 0 Å². The molecule has 2 N–H and O–H groups in total. The molecule has 0 spiro atoms. The third-order valence-electron chi connectivity index (χ3n) is 4.21. The van der Waals surface area contributed by atoms with Gasteiger partial charge in [-0.2, -0.15) is 0 Å². The number of rotatable bonds is 5. The second-order valence-corrected chi connectivity index (χ2v) is 6.73. The lowest BCUT2D eigenvalue weighted by Crippen LogP contribution is -2.37. The second-order valence-electron chi connectivity index (χ2n) is 5.88. The van der Waals surface area contributed by atoms with E-state index in [1.807, 2.05) is 0 Å². The SMILES string of the molecule is CN=C(NCc1ccc(C)cc1SC)NCc1nnc2n1CCC2.I. The van der Waals surface area contributed by atoms with E-state index in [2.05, 4.69) is 61.8 Å². The summed E-state index contributed by atoms with van der Waals surface area (Å²) in [6.07, 6.45) is 4.30. The maximum absolute atomic E-state index is 4.30. The largest absolute Gasteiger partial charge is 0.352 e. The van der Waals surface area contributed by atoms with Gasteiger partial charge in [0.1, 0.15) is 5.82 Å². The Bertz CT molecular complexity index is 743. The minimum Gasteiger partial charge on any atom is -0.352 e. The molecule has 0 aliphatic carbocycles. The standard InChI is InChI=1S/C17H24N6S.HI/c1-12-6-7-13(14(9-12)24-3)10-19-17(18-2)20-11-16-22-21-15-5-4-8-23(15)16;/h6-7,9H,4-5,8,10-11H2,1-3H3,(H2,18,19,20);1H. The van der Waals surface area contributed by atoms with Gasteiger partial charge in [-0.25, -0.2) is 0 Å². The number of fused-ring (bicyclic) bond motifs is 1. The minimum atomic E-state index is 0. The number of aryl methyl sites for hydroxylation is 2. The normalized spacial score (nSPS) is 13.3. The molecule has 2 heterocycles. The van der Waals surface area contributed by atoms with Gasteiger partial charge in [0, 0.05) is 31.5 Å². The van der Waals surface area contributed by atoms with Crippen LogP contribution in [0.25, 0.3) is 0 Å². The zero-order valence-corrected chi connectivity index (χ0v) is 18.0. The number of aliphatic imine (C=N–C) groups is 1. The Labute approximate surface area is 170 Å². The maximum Gasteiger partial charge on any atom is 0.191 e. The molecule has 6 nitrogen and oxygen atoms in total. The van der Waals surface area contributed by atoms with Crippen LogP contribution in [0.1, 0.15) is 29.2 Å². The van der Waals surface area contributed by atoms with Crippen LogP contribution in [0.3, 0.4) is 0 Å². The zero-order valence-electron chi connectivity index (χ0n) is 14.9. The van der Waals surface area contributed by atoms with Gasteiger partial charge in [0.2, 0.25) is 0 Å². The molecule has 0 bridgehead atoms. The van der Waals surface area contributed by atoms with Gasteiger partial charge in [-0.05, 0) is 36.8 Å². The quantitative estimate of drug-likeness (QED) is 0.303. The van der Waals surface area contributed by atoms with Crippen molar-refractivity contribution in [3.8, 4) is 0 Å². The van der Waals surface area contributed by atoms with Gasteiger partial charge in [-0.1, -0.05) is 12.1 Å². The van der Waals surface area contributed by atoms with Crippen molar-refractivity contribution in [2.45, 2.75) is 44.3 Å². The predicted molar refractivity (Wildman–Crippen MR) is 114 cm³/mol. The molecule has 0 saturated heterocycles. The monoisotopic (exact) mass is 472 g/mol. The third kappa shape index (κ3) is 4.87. The number of nitrogens with zero attached hydrogens (tertiary/aromatic N) is 4. The lowest BCUT2D eigenvalue weighted by molar-refractivity contribution is 0.662. The molecular weight excluding hydrogens is 447 g/mol. The Morgan fingerprint density at radius 1 is 1.28 bits per heavy atom. The number of benzene rings is 1. The van der Waals surface area contributed by atoms with E-state index in [0.29, 0.717) is 6.54 Å². The van der Waals surface area contributed by atoms with E-state index in [9.17, 15) is 0 Å². The van der Waals surface area contributed by atoms with Gasteiger partial charge >= 0.3 is 0 Å². The van der Waals surface area contributed by atoms with Crippen LogP contribution in [-0.4, -0.2) is 34.0 Å². The fourth-order valence-electron chi connectivity index (χ4n) is 2.90. The first-order valence-corrected chi connectivity index (χ1v) is 9.42. The molecule has 0 radical (unpaired) electrons. The van der Waals surface area contributed by atoms with Crippen LogP contribution in [0.15, 0.2) is 28.1 Å². The van der Waals surface area contributed by atoms with Gasteiger partial charge in [0.25, 0.3) is 0 Å². The first-order valence-electron chi connectivity index (χ1n) is 8.20. The highest BCUT2D eigenvalue weighted by Gasteiger charge is 2.17. The van der Waals surface area contributed by atoms with Crippen molar-refractivity contribution in [2.75, 3.05) is 13.3 Å². The van der Waals surface area contributed by atoms with Crippen molar-refractivity contribution in [1.82, 2.24) is 25.4 Å². The Hall–Kier alpha value is -1.29. The van der Waals surface area contributed by atoms with Crippen LogP contribution in [0.2, 0.25) is 0 Å². The average molecular weight is 472 g/mol. The Morgan fingerprint density at radius 2 is 2.08 bits per heavy atom. The molecule has 1 aliphatic rings. The average Bonchev–Trinajstić information content (AvgIpc) is 3.20. The lowest BCUT2D eigenvalue weighted by atomic mass is 10.1. The summed E-state index contributed by atoms with van der Waals surface area (Å²) in [4.78, 5) is 5.60. The molecule has 2 aromatic rings.